The Hall–Kier alpha value is -2.95. The molecule has 4 rings (SSSR count). The van der Waals surface area contributed by atoms with E-state index in [9.17, 15) is 0 Å². The highest BCUT2D eigenvalue weighted by Crippen LogP contribution is 2.39. The minimum atomic E-state index is -0.517. The molecule has 1 unspecified atom stereocenters. The monoisotopic (exact) mass is 470 g/mol. The first-order valence-electron chi connectivity index (χ1n) is 8.63. The molecule has 4 aromatic rings. The van der Waals surface area contributed by atoms with Crippen molar-refractivity contribution in [2.75, 3.05) is 0 Å². The molecule has 5 nitrogen and oxygen atoms in total. The minimum Gasteiger partial charge on any atom is -0.453 e. The molecule has 1 N–H and O–H groups in total. The van der Waals surface area contributed by atoms with Gasteiger partial charge in [0.25, 0.3) is 0 Å². The van der Waals surface area contributed by atoms with Crippen LogP contribution in [0.5, 0.6) is 11.5 Å². The third kappa shape index (κ3) is 3.69. The fourth-order valence-corrected chi connectivity index (χ4v) is 3.75. The third-order valence-corrected chi connectivity index (χ3v) is 5.40. The largest absolute Gasteiger partial charge is 0.453 e. The molecule has 0 aliphatic heterocycles. The van der Waals surface area contributed by atoms with Crippen molar-refractivity contribution in [1.82, 2.24) is 15.2 Å². The molecule has 0 saturated heterocycles. The third-order valence-electron chi connectivity index (χ3n) is 4.56. The number of aromatic nitrogens is 3. The summed E-state index contributed by atoms with van der Waals surface area (Å²) >= 11 is 9.36. The van der Waals surface area contributed by atoms with E-state index in [1.165, 1.54) is 18.2 Å². The predicted molar refractivity (Wildman–Crippen MR) is 112 cm³/mol. The van der Waals surface area contributed by atoms with Crippen LogP contribution in [0.2, 0.25) is 5.02 Å². The fourth-order valence-electron chi connectivity index (χ4n) is 3.14. The number of nitriles is 1. The molecule has 2 aromatic carbocycles. The number of ether oxygens (including phenoxy) is 1. The number of fused-ring (bicyclic) bond motifs is 1. The zero-order valence-corrected chi connectivity index (χ0v) is 17.4. The van der Waals surface area contributed by atoms with E-state index in [0.717, 1.165) is 11.1 Å². The Labute approximate surface area is 179 Å². The van der Waals surface area contributed by atoms with Crippen molar-refractivity contribution < 1.29 is 9.13 Å². The van der Waals surface area contributed by atoms with Crippen molar-refractivity contribution in [2.45, 2.75) is 12.8 Å². The summed E-state index contributed by atoms with van der Waals surface area (Å²) in [6, 6.07) is 13.7. The van der Waals surface area contributed by atoms with Gasteiger partial charge in [-0.3, -0.25) is 5.10 Å². The number of hydrogen-bond donors (Lipinski definition) is 1. The summed E-state index contributed by atoms with van der Waals surface area (Å²) in [5, 5.41) is 17.4. The number of rotatable bonds is 4. The van der Waals surface area contributed by atoms with Crippen LogP contribution in [0.1, 0.15) is 29.7 Å². The molecule has 2 aromatic heterocycles. The molecule has 0 saturated carbocycles. The topological polar surface area (TPSA) is 74.6 Å². The number of pyridine rings is 1. The van der Waals surface area contributed by atoms with Crippen molar-refractivity contribution in [3.8, 4) is 17.6 Å². The van der Waals surface area contributed by atoms with Crippen LogP contribution < -0.4 is 4.74 Å². The Morgan fingerprint density at radius 2 is 2.10 bits per heavy atom. The van der Waals surface area contributed by atoms with Gasteiger partial charge in [-0.25, -0.2) is 9.37 Å². The molecule has 2 heterocycles. The van der Waals surface area contributed by atoms with Gasteiger partial charge in [0.2, 0.25) is 0 Å². The zero-order chi connectivity index (χ0) is 20.5. The average molecular weight is 472 g/mol. The van der Waals surface area contributed by atoms with E-state index in [0.29, 0.717) is 26.3 Å². The van der Waals surface area contributed by atoms with Crippen LogP contribution >= 0.6 is 27.5 Å². The second kappa shape index (κ2) is 7.82. The Balaban J connectivity index is 1.76. The number of nitrogens with one attached hydrogen (secondary N) is 1. The van der Waals surface area contributed by atoms with Gasteiger partial charge < -0.3 is 4.74 Å². The molecule has 0 aliphatic carbocycles. The fraction of sp³-hybridized carbons (Fsp3) is 0.0952. The molecule has 8 heteroatoms. The zero-order valence-electron chi connectivity index (χ0n) is 15.1. The molecular formula is C21H13BrClFN4O. The standard InChI is InChI=1S/C21H13BrClFN4O/c1-11(19-16-3-2-6-26-21(16)28-27-19)15-4-5-17(22)20(18(15)24)29-14-8-12(10-25)7-13(23)9-14/h2-9,11H,1H3,(H,26,27,28). The van der Waals surface area contributed by atoms with E-state index < -0.39 is 5.82 Å². The van der Waals surface area contributed by atoms with E-state index in [4.69, 9.17) is 21.6 Å². The normalized spacial score (nSPS) is 12.0. The summed E-state index contributed by atoms with van der Waals surface area (Å²) in [7, 11) is 0. The summed E-state index contributed by atoms with van der Waals surface area (Å²) in [6.45, 7) is 1.88. The summed E-state index contributed by atoms with van der Waals surface area (Å²) in [5.74, 6) is -0.553. The second-order valence-electron chi connectivity index (χ2n) is 6.40. The first-order valence-corrected chi connectivity index (χ1v) is 9.80. The maximum absolute atomic E-state index is 15.4. The first kappa shape index (κ1) is 19.4. The van der Waals surface area contributed by atoms with Gasteiger partial charge in [0.15, 0.2) is 17.2 Å². The summed E-state index contributed by atoms with van der Waals surface area (Å²) in [5.41, 5.74) is 2.09. The SMILES string of the molecule is CC(c1ccc(Br)c(Oc2cc(Cl)cc(C#N)c2)c1F)c1[nH]nc2ncccc12. The highest BCUT2D eigenvalue weighted by molar-refractivity contribution is 9.10. The Kier molecular flexibility index (Phi) is 5.22. The van der Waals surface area contributed by atoms with Crippen LogP contribution in [-0.2, 0) is 0 Å². The molecule has 1 atom stereocenters. The van der Waals surface area contributed by atoms with E-state index >= 15 is 4.39 Å². The van der Waals surface area contributed by atoms with Crippen LogP contribution in [0.15, 0.2) is 53.1 Å². The second-order valence-corrected chi connectivity index (χ2v) is 7.69. The highest BCUT2D eigenvalue weighted by Gasteiger charge is 2.23. The van der Waals surface area contributed by atoms with Crippen molar-refractivity contribution in [3.05, 3.63) is 80.8 Å². The molecule has 0 fully saturated rings. The van der Waals surface area contributed by atoms with Gasteiger partial charge in [-0.05, 0) is 52.3 Å². The molecule has 0 bridgehead atoms. The van der Waals surface area contributed by atoms with Crippen molar-refractivity contribution >= 4 is 38.6 Å². The van der Waals surface area contributed by atoms with Gasteiger partial charge in [0.05, 0.1) is 21.8 Å². The lowest BCUT2D eigenvalue weighted by molar-refractivity contribution is 0.434. The van der Waals surface area contributed by atoms with Gasteiger partial charge in [0.1, 0.15) is 5.75 Å². The van der Waals surface area contributed by atoms with Crippen molar-refractivity contribution in [2.24, 2.45) is 0 Å². The van der Waals surface area contributed by atoms with E-state index in [1.54, 1.807) is 18.3 Å². The van der Waals surface area contributed by atoms with E-state index in [2.05, 4.69) is 31.1 Å². The number of H-pyrrole nitrogens is 1. The summed E-state index contributed by atoms with van der Waals surface area (Å²) in [4.78, 5) is 4.21. The maximum Gasteiger partial charge on any atom is 0.181 e. The smallest absolute Gasteiger partial charge is 0.181 e. The van der Waals surface area contributed by atoms with Crippen LogP contribution in [0.25, 0.3) is 11.0 Å². The van der Waals surface area contributed by atoms with Crippen LogP contribution in [0.3, 0.4) is 0 Å². The number of hydrogen-bond acceptors (Lipinski definition) is 4. The number of nitrogens with zero attached hydrogens (tertiary/aromatic N) is 3. The van der Waals surface area contributed by atoms with Gasteiger partial charge in [-0.15, -0.1) is 0 Å². The first-order chi connectivity index (χ1) is 14.0. The lowest BCUT2D eigenvalue weighted by Gasteiger charge is -2.16. The molecule has 0 spiro atoms. The van der Waals surface area contributed by atoms with Crippen LogP contribution in [0, 0.1) is 17.1 Å². The van der Waals surface area contributed by atoms with Gasteiger partial charge in [-0.2, -0.15) is 10.4 Å². The van der Waals surface area contributed by atoms with E-state index in [-0.39, 0.29) is 17.4 Å². The minimum absolute atomic E-state index is 0.0162. The Morgan fingerprint density at radius 3 is 2.90 bits per heavy atom. The van der Waals surface area contributed by atoms with Crippen LogP contribution in [0.4, 0.5) is 4.39 Å². The van der Waals surface area contributed by atoms with Crippen molar-refractivity contribution in [1.29, 1.82) is 5.26 Å². The molecule has 29 heavy (non-hydrogen) atoms. The Bertz CT molecular complexity index is 1270. The number of aromatic amines is 1. The molecule has 144 valence electrons. The van der Waals surface area contributed by atoms with Gasteiger partial charge in [-0.1, -0.05) is 24.6 Å². The van der Waals surface area contributed by atoms with Gasteiger partial charge in [0, 0.05) is 28.1 Å². The predicted octanol–water partition coefficient (Wildman–Crippen LogP) is 6.33. The Morgan fingerprint density at radius 1 is 1.28 bits per heavy atom. The maximum atomic E-state index is 15.4. The lowest BCUT2D eigenvalue weighted by Crippen LogP contribution is -2.03. The molecular weight excluding hydrogens is 459 g/mol. The summed E-state index contributed by atoms with van der Waals surface area (Å²) < 4.78 is 21.6. The summed E-state index contributed by atoms with van der Waals surface area (Å²) in [6.07, 6.45) is 1.66. The quantitative estimate of drug-likeness (QED) is 0.377. The molecule has 0 amide bonds. The number of benzene rings is 2. The van der Waals surface area contributed by atoms with Crippen molar-refractivity contribution in [3.63, 3.8) is 0 Å². The number of halogens is 3. The molecule has 0 aliphatic rings. The van der Waals surface area contributed by atoms with E-state index in [1.807, 2.05) is 25.1 Å². The van der Waals surface area contributed by atoms with Crippen LogP contribution in [-0.4, -0.2) is 15.2 Å². The average Bonchev–Trinajstić information content (AvgIpc) is 3.14. The van der Waals surface area contributed by atoms with Gasteiger partial charge >= 0.3 is 0 Å². The lowest BCUT2D eigenvalue weighted by atomic mass is 9.95. The molecule has 0 radical (unpaired) electrons. The highest BCUT2D eigenvalue weighted by atomic mass is 79.9.